The first kappa shape index (κ1) is 25.6. The number of carbonyl (C=O) groups is 1. The predicted molar refractivity (Wildman–Crippen MR) is 159 cm³/mol. The lowest BCUT2D eigenvalue weighted by Crippen LogP contribution is -2.47. The molecule has 0 radical (unpaired) electrons. The number of aryl methyl sites for hydroxylation is 1. The molecule has 2 heterocycles. The largest absolute Gasteiger partial charge is 0.355 e. The van der Waals surface area contributed by atoms with Crippen molar-refractivity contribution < 1.29 is 4.79 Å². The Hall–Kier alpha value is -3.64. The Kier molecular flexibility index (Phi) is 7.13. The zero-order valence-corrected chi connectivity index (χ0v) is 23.2. The molecule has 3 aromatic carbocycles. The van der Waals surface area contributed by atoms with E-state index in [2.05, 4.69) is 106 Å². The van der Waals surface area contributed by atoms with Crippen LogP contribution in [0.25, 0.3) is 22.2 Å². The smallest absolute Gasteiger partial charge is 0.235 e. The maximum absolute atomic E-state index is 13.9. The molecule has 0 atom stereocenters. The molecule has 1 saturated heterocycles. The summed E-state index contributed by atoms with van der Waals surface area (Å²) >= 11 is 0. The number of anilines is 1. The second kappa shape index (κ2) is 10.9. The molecule has 1 amide bonds. The highest BCUT2D eigenvalue weighted by atomic mass is 16.2. The number of carbonyl (C=O) groups excluding carboxylic acids is 1. The second-order valence-electron chi connectivity index (χ2n) is 11.0. The van der Waals surface area contributed by atoms with Crippen molar-refractivity contribution in [1.82, 2.24) is 19.8 Å². The van der Waals surface area contributed by atoms with Crippen LogP contribution >= 0.6 is 0 Å². The normalized spacial score (nSPS) is 16.3. The Bertz CT molecular complexity index is 1420. The third-order valence-electron chi connectivity index (χ3n) is 8.68. The van der Waals surface area contributed by atoms with Crippen molar-refractivity contribution in [3.63, 3.8) is 0 Å². The number of fused-ring (bicyclic) bond motifs is 4. The van der Waals surface area contributed by atoms with Crippen molar-refractivity contribution in [2.75, 3.05) is 44.2 Å². The quantitative estimate of drug-likeness (QED) is 0.302. The molecule has 1 aliphatic heterocycles. The van der Waals surface area contributed by atoms with Crippen LogP contribution in [0, 0.1) is 0 Å². The van der Waals surface area contributed by atoms with Crippen LogP contribution in [0.2, 0.25) is 0 Å². The summed E-state index contributed by atoms with van der Waals surface area (Å²) in [6.07, 6.45) is 3.86. The van der Waals surface area contributed by atoms with E-state index >= 15 is 0 Å². The number of benzene rings is 3. The molecule has 1 aromatic heterocycles. The van der Waals surface area contributed by atoms with Gasteiger partial charge in [0.05, 0.1) is 11.0 Å². The average Bonchev–Trinajstić information content (AvgIpc) is 3.47. The van der Waals surface area contributed by atoms with Gasteiger partial charge in [-0.25, -0.2) is 4.98 Å². The Balaban J connectivity index is 1.11. The number of aromatic nitrogens is 2. The SMILES string of the molecule is CCCNC(=O)C1(CCCCN2CCN(c3nc4ccccc4n3C)CC2)c2ccccc2-c2ccccc21. The Morgan fingerprint density at radius 1 is 0.872 bits per heavy atom. The molecule has 1 fully saturated rings. The zero-order chi connectivity index (χ0) is 26.8. The number of unbranched alkanes of at least 4 members (excludes halogenated alkanes) is 1. The average molecular weight is 522 g/mol. The van der Waals surface area contributed by atoms with Crippen molar-refractivity contribution in [1.29, 1.82) is 0 Å². The lowest BCUT2D eigenvalue weighted by molar-refractivity contribution is -0.125. The number of amides is 1. The van der Waals surface area contributed by atoms with E-state index in [-0.39, 0.29) is 5.91 Å². The van der Waals surface area contributed by atoms with E-state index in [1.165, 1.54) is 16.6 Å². The van der Waals surface area contributed by atoms with Crippen LogP contribution in [-0.4, -0.2) is 59.6 Å². The molecule has 6 nitrogen and oxygen atoms in total. The summed E-state index contributed by atoms with van der Waals surface area (Å²) in [5, 5.41) is 3.26. The molecular formula is C33H39N5O. The number of para-hydroxylation sites is 2. The third-order valence-corrected chi connectivity index (χ3v) is 8.68. The number of hydrogen-bond donors (Lipinski definition) is 1. The van der Waals surface area contributed by atoms with Gasteiger partial charge in [0.1, 0.15) is 5.41 Å². The Morgan fingerprint density at radius 3 is 2.18 bits per heavy atom. The molecular weight excluding hydrogens is 482 g/mol. The fourth-order valence-corrected chi connectivity index (χ4v) is 6.65. The van der Waals surface area contributed by atoms with E-state index in [1.807, 2.05) is 0 Å². The number of imidazole rings is 1. The molecule has 202 valence electrons. The van der Waals surface area contributed by atoms with E-state index in [1.54, 1.807) is 0 Å². The molecule has 0 spiro atoms. The number of nitrogens with zero attached hydrogens (tertiary/aromatic N) is 4. The summed E-state index contributed by atoms with van der Waals surface area (Å²) in [5.41, 5.74) is 6.37. The van der Waals surface area contributed by atoms with Crippen LogP contribution in [0.3, 0.4) is 0 Å². The topological polar surface area (TPSA) is 53.4 Å². The first-order chi connectivity index (χ1) is 19.1. The summed E-state index contributed by atoms with van der Waals surface area (Å²) in [7, 11) is 2.11. The standard InChI is InChI=1S/C33H39N5O/c1-3-19-34-31(39)33(27-14-6-4-12-25(27)26-13-5-7-15-28(26)33)18-10-11-20-37-21-23-38(24-22-37)32-35-29-16-8-9-17-30(29)36(32)2/h4-9,12-17H,3,10-11,18-24H2,1-2H3,(H,34,39). The van der Waals surface area contributed by atoms with Gasteiger partial charge in [-0.3, -0.25) is 9.69 Å². The van der Waals surface area contributed by atoms with E-state index in [0.29, 0.717) is 6.54 Å². The lowest BCUT2D eigenvalue weighted by Gasteiger charge is -2.35. The molecule has 1 aliphatic carbocycles. The summed E-state index contributed by atoms with van der Waals surface area (Å²) in [5.74, 6) is 1.22. The van der Waals surface area contributed by atoms with Crippen LogP contribution < -0.4 is 10.2 Å². The van der Waals surface area contributed by atoms with Crippen molar-refractivity contribution in [3.05, 3.63) is 83.9 Å². The molecule has 0 saturated carbocycles. The van der Waals surface area contributed by atoms with E-state index < -0.39 is 5.41 Å². The van der Waals surface area contributed by atoms with Gasteiger partial charge in [-0.15, -0.1) is 0 Å². The molecule has 6 heteroatoms. The van der Waals surface area contributed by atoms with Gasteiger partial charge in [-0.05, 0) is 60.2 Å². The molecule has 0 bridgehead atoms. The van der Waals surface area contributed by atoms with Gasteiger partial charge >= 0.3 is 0 Å². The number of piperazine rings is 1. The maximum atomic E-state index is 13.9. The molecule has 4 aromatic rings. The van der Waals surface area contributed by atoms with Crippen LogP contribution in [-0.2, 0) is 17.3 Å². The summed E-state index contributed by atoms with van der Waals surface area (Å²) in [4.78, 5) is 23.8. The van der Waals surface area contributed by atoms with Crippen LogP contribution in [0.5, 0.6) is 0 Å². The highest BCUT2D eigenvalue weighted by Gasteiger charge is 2.48. The fraction of sp³-hybridized carbons (Fsp3) is 0.394. The molecule has 2 aliphatic rings. The van der Waals surface area contributed by atoms with Crippen molar-refractivity contribution in [2.45, 2.75) is 38.0 Å². The molecule has 39 heavy (non-hydrogen) atoms. The van der Waals surface area contributed by atoms with Crippen molar-refractivity contribution >= 4 is 22.9 Å². The predicted octanol–water partition coefficient (Wildman–Crippen LogP) is 5.36. The molecule has 0 unspecified atom stereocenters. The second-order valence-corrected chi connectivity index (χ2v) is 11.0. The Labute approximate surface area is 231 Å². The van der Waals surface area contributed by atoms with Crippen molar-refractivity contribution in [3.8, 4) is 11.1 Å². The van der Waals surface area contributed by atoms with Gasteiger partial charge in [0, 0.05) is 39.8 Å². The van der Waals surface area contributed by atoms with Gasteiger partial charge in [-0.1, -0.05) is 74.0 Å². The van der Waals surface area contributed by atoms with Gasteiger partial charge in [0.15, 0.2) is 0 Å². The van der Waals surface area contributed by atoms with Gasteiger partial charge in [-0.2, -0.15) is 0 Å². The van der Waals surface area contributed by atoms with E-state index in [0.717, 1.165) is 81.0 Å². The van der Waals surface area contributed by atoms with Crippen LogP contribution in [0.1, 0.15) is 43.7 Å². The van der Waals surface area contributed by atoms with Crippen LogP contribution in [0.4, 0.5) is 5.95 Å². The van der Waals surface area contributed by atoms with Crippen molar-refractivity contribution in [2.24, 2.45) is 7.05 Å². The first-order valence-corrected chi connectivity index (χ1v) is 14.5. The van der Waals surface area contributed by atoms with Gasteiger partial charge in [0.2, 0.25) is 11.9 Å². The number of hydrogen-bond acceptors (Lipinski definition) is 4. The minimum absolute atomic E-state index is 0.151. The zero-order valence-electron chi connectivity index (χ0n) is 23.2. The monoisotopic (exact) mass is 521 g/mol. The summed E-state index contributed by atoms with van der Waals surface area (Å²) in [6.45, 7) is 7.93. The third kappa shape index (κ3) is 4.51. The summed E-state index contributed by atoms with van der Waals surface area (Å²) in [6, 6.07) is 25.4. The number of rotatable bonds is 9. The lowest BCUT2D eigenvalue weighted by atomic mass is 9.73. The van der Waals surface area contributed by atoms with E-state index in [4.69, 9.17) is 4.98 Å². The van der Waals surface area contributed by atoms with E-state index in [9.17, 15) is 4.79 Å². The highest BCUT2D eigenvalue weighted by Crippen LogP contribution is 2.51. The first-order valence-electron chi connectivity index (χ1n) is 14.5. The van der Waals surface area contributed by atoms with Gasteiger partial charge < -0.3 is 14.8 Å². The highest BCUT2D eigenvalue weighted by molar-refractivity contribution is 6.00. The molecule has 6 rings (SSSR count). The van der Waals surface area contributed by atoms with Crippen LogP contribution in [0.15, 0.2) is 72.8 Å². The fourth-order valence-electron chi connectivity index (χ4n) is 6.65. The molecule has 1 N–H and O–H groups in total. The Morgan fingerprint density at radius 2 is 1.51 bits per heavy atom. The number of nitrogens with one attached hydrogen (secondary N) is 1. The minimum atomic E-state index is -0.610. The minimum Gasteiger partial charge on any atom is -0.355 e. The maximum Gasteiger partial charge on any atom is 0.235 e. The summed E-state index contributed by atoms with van der Waals surface area (Å²) < 4.78 is 2.21. The van der Waals surface area contributed by atoms with Gasteiger partial charge in [0.25, 0.3) is 0 Å².